The molecule has 0 unspecified atom stereocenters. The average molecular weight is 295 g/mol. The average Bonchev–Trinajstić information content (AvgIpc) is 1.37. The molecular weight excluding hydrogens is 290 g/mol. The standard InChI is InChI=1S/C3H5O.U/c1-2-3-4;/h2H2,1H3;/q-1;+2. The van der Waals surface area contributed by atoms with E-state index in [9.17, 15) is 0 Å². The predicted molar refractivity (Wildman–Crippen MR) is 16.0 cm³/mol. The van der Waals surface area contributed by atoms with Crippen LogP contribution in [0.5, 0.6) is 0 Å². The molecule has 0 spiro atoms. The zero-order valence-corrected chi connectivity index (χ0v) is 7.28. The summed E-state index contributed by atoms with van der Waals surface area (Å²) in [7, 11) is 0. The van der Waals surface area contributed by atoms with Gasteiger partial charge in [0, 0.05) is 0 Å². The van der Waals surface area contributed by atoms with E-state index >= 15 is 0 Å². The minimum absolute atomic E-state index is 0. The van der Waals surface area contributed by atoms with Crippen molar-refractivity contribution in [1.29, 1.82) is 0 Å². The molecule has 26 valence electrons. The maximum Gasteiger partial charge on any atom is 2.00 e. The molecule has 0 aliphatic rings. The summed E-state index contributed by atoms with van der Waals surface area (Å²) in [6.45, 7) is 1.76. The third kappa shape index (κ3) is 11.8. The van der Waals surface area contributed by atoms with Crippen LogP contribution >= 0.6 is 0 Å². The van der Waals surface area contributed by atoms with Crippen LogP contribution in [0.2, 0.25) is 0 Å². The second-order valence-corrected chi connectivity index (χ2v) is 0.498. The fourth-order valence-corrected chi connectivity index (χ4v) is 0. The van der Waals surface area contributed by atoms with Crippen LogP contribution < -0.4 is 0 Å². The largest absolute Gasteiger partial charge is 2.00 e. The fraction of sp³-hybridized carbons (Fsp3) is 0.667. The van der Waals surface area contributed by atoms with Crippen LogP contribution in [0.3, 0.4) is 0 Å². The third-order valence-electron chi connectivity index (χ3n) is 0.144. The summed E-state index contributed by atoms with van der Waals surface area (Å²) in [6, 6.07) is 0. The van der Waals surface area contributed by atoms with E-state index in [0.29, 0.717) is 6.42 Å². The normalized spacial score (nSPS) is 5.00. The first-order valence-corrected chi connectivity index (χ1v) is 1.26. The van der Waals surface area contributed by atoms with Crippen LogP contribution in [-0.2, 0) is 4.79 Å². The monoisotopic (exact) mass is 295 g/mol. The summed E-state index contributed by atoms with van der Waals surface area (Å²) in [6.07, 6.45) is 2.19. The van der Waals surface area contributed by atoms with E-state index < -0.39 is 0 Å². The predicted octanol–water partition coefficient (Wildman–Crippen LogP) is 0.506. The summed E-state index contributed by atoms with van der Waals surface area (Å²) in [5.41, 5.74) is 0. The minimum atomic E-state index is 0. The van der Waals surface area contributed by atoms with Crippen molar-refractivity contribution in [3.8, 4) is 0 Å². The van der Waals surface area contributed by atoms with Gasteiger partial charge in [0.25, 0.3) is 0 Å². The summed E-state index contributed by atoms with van der Waals surface area (Å²) < 4.78 is 0. The summed E-state index contributed by atoms with van der Waals surface area (Å²) in [5, 5.41) is 0. The second-order valence-electron chi connectivity index (χ2n) is 0.498. The molecule has 0 saturated heterocycles. The van der Waals surface area contributed by atoms with Crippen molar-refractivity contribution in [2.24, 2.45) is 0 Å². The number of carbonyl (C=O) groups excluding carboxylic acids is 1. The molecule has 5 heavy (non-hydrogen) atoms. The molecule has 0 amide bonds. The Labute approximate surface area is 55.5 Å². The van der Waals surface area contributed by atoms with Crippen molar-refractivity contribution in [1.82, 2.24) is 0 Å². The van der Waals surface area contributed by atoms with Crippen molar-refractivity contribution < 1.29 is 35.9 Å². The molecule has 0 radical (unpaired) electrons. The number of hydrogen-bond donors (Lipinski definition) is 0. The molecule has 0 aromatic rings. The van der Waals surface area contributed by atoms with Crippen LogP contribution in [0.15, 0.2) is 0 Å². The molecule has 0 aliphatic heterocycles. The van der Waals surface area contributed by atoms with E-state index in [0.717, 1.165) is 0 Å². The molecule has 1 nitrogen and oxygen atoms in total. The van der Waals surface area contributed by atoms with Crippen LogP contribution in [0.25, 0.3) is 0 Å². The van der Waals surface area contributed by atoms with Gasteiger partial charge in [0.05, 0.1) is 0 Å². The van der Waals surface area contributed by atoms with Crippen molar-refractivity contribution in [2.75, 3.05) is 0 Å². The smallest absolute Gasteiger partial charge is 0.542 e. The summed E-state index contributed by atoms with van der Waals surface area (Å²) in [5.74, 6) is 0. The third-order valence-corrected chi connectivity index (χ3v) is 0.144. The zero-order valence-electron chi connectivity index (χ0n) is 3.12. The quantitative estimate of drug-likeness (QED) is 0.644. The van der Waals surface area contributed by atoms with E-state index in [1.807, 2.05) is 0 Å². The van der Waals surface area contributed by atoms with E-state index in [-0.39, 0.29) is 31.1 Å². The molecule has 2 heteroatoms. The van der Waals surface area contributed by atoms with Gasteiger partial charge in [-0.25, -0.2) is 0 Å². The van der Waals surface area contributed by atoms with Gasteiger partial charge in [-0.2, -0.15) is 6.42 Å². The summed E-state index contributed by atoms with van der Waals surface area (Å²) >= 11 is 0. The first-order chi connectivity index (χ1) is 1.91. The van der Waals surface area contributed by atoms with Gasteiger partial charge in [0.1, 0.15) is 0 Å². The van der Waals surface area contributed by atoms with Gasteiger partial charge in [0.2, 0.25) is 0 Å². The molecule has 0 rings (SSSR count). The Bertz CT molecular complexity index is 20.9. The molecule has 0 aromatic carbocycles. The Kier molecular flexibility index (Phi) is 16.3. The number of rotatable bonds is 1. The van der Waals surface area contributed by atoms with Crippen LogP contribution in [-0.4, -0.2) is 6.29 Å². The van der Waals surface area contributed by atoms with Crippen molar-refractivity contribution >= 4 is 6.29 Å². The van der Waals surface area contributed by atoms with Gasteiger partial charge in [0.15, 0.2) is 0 Å². The fourth-order valence-electron chi connectivity index (χ4n) is 0. The Hall–Kier alpha value is 0.722. The van der Waals surface area contributed by atoms with Gasteiger partial charge in [-0.3, -0.25) is 6.29 Å². The number of hydrogen-bond acceptors (Lipinski definition) is 1. The Morgan fingerprint density at radius 3 is 2.00 bits per heavy atom. The van der Waals surface area contributed by atoms with E-state index in [2.05, 4.69) is 0 Å². The minimum Gasteiger partial charge on any atom is -0.542 e. The molecule has 0 saturated carbocycles. The van der Waals surface area contributed by atoms with Crippen molar-refractivity contribution in [3.63, 3.8) is 0 Å². The molecule has 0 aliphatic carbocycles. The van der Waals surface area contributed by atoms with Crippen LogP contribution in [0.4, 0.5) is 0 Å². The van der Waals surface area contributed by atoms with Crippen LogP contribution in [0, 0.1) is 31.1 Å². The molecule has 0 heterocycles. The molecule has 0 N–H and O–H groups in total. The Morgan fingerprint density at radius 2 is 2.00 bits per heavy atom. The SMILES string of the molecule is CC[C-]=O.[U+2]. The summed E-state index contributed by atoms with van der Waals surface area (Å²) in [4.78, 5) is 9.05. The van der Waals surface area contributed by atoms with Gasteiger partial charge >= 0.3 is 31.1 Å². The van der Waals surface area contributed by atoms with Crippen LogP contribution in [0.1, 0.15) is 13.3 Å². The van der Waals surface area contributed by atoms with E-state index in [4.69, 9.17) is 4.79 Å². The van der Waals surface area contributed by atoms with Gasteiger partial charge in [-0.15, -0.1) is 0 Å². The van der Waals surface area contributed by atoms with E-state index in [1.54, 1.807) is 13.2 Å². The van der Waals surface area contributed by atoms with Gasteiger partial charge in [-0.1, -0.05) is 6.92 Å². The molecule has 0 fully saturated rings. The maximum atomic E-state index is 9.05. The first kappa shape index (κ1) is 9.21. The molecule has 0 aromatic heterocycles. The van der Waals surface area contributed by atoms with Gasteiger partial charge < -0.3 is 4.79 Å². The maximum absolute atomic E-state index is 9.05. The molecule has 0 atom stereocenters. The Balaban J connectivity index is 0. The Morgan fingerprint density at radius 1 is 1.80 bits per heavy atom. The van der Waals surface area contributed by atoms with Crippen molar-refractivity contribution in [3.05, 3.63) is 0 Å². The second kappa shape index (κ2) is 8.83. The topological polar surface area (TPSA) is 17.1 Å². The molecule has 0 bridgehead atoms. The van der Waals surface area contributed by atoms with Gasteiger partial charge in [-0.05, 0) is 0 Å². The first-order valence-electron chi connectivity index (χ1n) is 1.26. The van der Waals surface area contributed by atoms with E-state index in [1.165, 1.54) is 0 Å². The zero-order chi connectivity index (χ0) is 3.41. The molecular formula is C3H5OU+. The van der Waals surface area contributed by atoms with Crippen molar-refractivity contribution in [2.45, 2.75) is 13.3 Å².